The summed E-state index contributed by atoms with van der Waals surface area (Å²) in [5.74, 6) is 0. The lowest BCUT2D eigenvalue weighted by Crippen LogP contribution is -2.32. The Bertz CT molecular complexity index is 72.4. The van der Waals surface area contributed by atoms with Gasteiger partial charge in [-0.05, 0) is 6.92 Å². The number of hydrogen-bond acceptors (Lipinski definition) is 2. The minimum absolute atomic E-state index is 0.840. The van der Waals surface area contributed by atoms with Crippen molar-refractivity contribution in [3.05, 3.63) is 0 Å². The standard InChI is InChI=1S/C4H8F2O2/c1-3(7)4(5,6)8-2/h3,7H,1-2H3. The van der Waals surface area contributed by atoms with Crippen molar-refractivity contribution in [2.24, 2.45) is 0 Å². The third kappa shape index (κ3) is 1.71. The van der Waals surface area contributed by atoms with E-state index in [1.165, 1.54) is 0 Å². The monoisotopic (exact) mass is 126 g/mol. The molecule has 0 heterocycles. The van der Waals surface area contributed by atoms with Crippen molar-refractivity contribution in [3.63, 3.8) is 0 Å². The number of aliphatic hydroxyl groups is 1. The van der Waals surface area contributed by atoms with Gasteiger partial charge in [-0.25, -0.2) is 0 Å². The van der Waals surface area contributed by atoms with Crippen LogP contribution in [0.25, 0.3) is 0 Å². The van der Waals surface area contributed by atoms with Crippen LogP contribution in [0.15, 0.2) is 0 Å². The summed E-state index contributed by atoms with van der Waals surface area (Å²) in [6, 6.07) is 0. The first-order valence-electron chi connectivity index (χ1n) is 2.11. The largest absolute Gasteiger partial charge is 0.384 e. The zero-order valence-electron chi connectivity index (χ0n) is 4.69. The van der Waals surface area contributed by atoms with Crippen LogP contribution in [0, 0.1) is 0 Å². The van der Waals surface area contributed by atoms with Crippen molar-refractivity contribution in [3.8, 4) is 0 Å². The Morgan fingerprint density at radius 1 is 1.62 bits per heavy atom. The van der Waals surface area contributed by atoms with E-state index in [-0.39, 0.29) is 0 Å². The molecule has 0 aliphatic carbocycles. The molecule has 0 aromatic heterocycles. The van der Waals surface area contributed by atoms with Crippen LogP contribution in [-0.2, 0) is 4.74 Å². The van der Waals surface area contributed by atoms with E-state index in [4.69, 9.17) is 5.11 Å². The van der Waals surface area contributed by atoms with Gasteiger partial charge < -0.3 is 9.84 Å². The molecule has 2 nitrogen and oxygen atoms in total. The summed E-state index contributed by atoms with van der Waals surface area (Å²) in [5, 5.41) is 8.21. The van der Waals surface area contributed by atoms with Crippen molar-refractivity contribution in [2.45, 2.75) is 19.1 Å². The summed E-state index contributed by atoms with van der Waals surface area (Å²) in [4.78, 5) is 0. The third-order valence-electron chi connectivity index (χ3n) is 0.759. The number of alkyl halides is 2. The van der Waals surface area contributed by atoms with Gasteiger partial charge in [-0.15, -0.1) is 0 Å². The van der Waals surface area contributed by atoms with E-state index in [0.29, 0.717) is 0 Å². The van der Waals surface area contributed by atoms with E-state index in [0.717, 1.165) is 14.0 Å². The van der Waals surface area contributed by atoms with E-state index in [1.54, 1.807) is 0 Å². The lowest BCUT2D eigenvalue weighted by Gasteiger charge is -2.15. The molecule has 8 heavy (non-hydrogen) atoms. The Balaban J connectivity index is 3.71. The van der Waals surface area contributed by atoms with Gasteiger partial charge in [0.1, 0.15) is 6.10 Å². The first-order valence-corrected chi connectivity index (χ1v) is 2.11. The topological polar surface area (TPSA) is 29.5 Å². The van der Waals surface area contributed by atoms with Crippen LogP contribution in [0.1, 0.15) is 6.92 Å². The van der Waals surface area contributed by atoms with E-state index < -0.39 is 12.2 Å². The summed E-state index contributed by atoms with van der Waals surface area (Å²) in [7, 11) is 0.840. The van der Waals surface area contributed by atoms with Crippen LogP contribution >= 0.6 is 0 Å². The zero-order chi connectivity index (χ0) is 6.78. The molecule has 0 aliphatic rings. The molecule has 0 saturated carbocycles. The quantitative estimate of drug-likeness (QED) is 0.587. The van der Waals surface area contributed by atoms with Crippen LogP contribution in [0.5, 0.6) is 0 Å². The van der Waals surface area contributed by atoms with Crippen LogP contribution in [0.2, 0.25) is 0 Å². The molecule has 0 aromatic carbocycles. The normalized spacial score (nSPS) is 16.1. The van der Waals surface area contributed by atoms with Crippen LogP contribution in [-0.4, -0.2) is 24.4 Å². The second-order valence-electron chi connectivity index (χ2n) is 1.44. The summed E-state index contributed by atoms with van der Waals surface area (Å²) >= 11 is 0. The highest BCUT2D eigenvalue weighted by Crippen LogP contribution is 2.17. The van der Waals surface area contributed by atoms with Crippen LogP contribution in [0.4, 0.5) is 8.78 Å². The van der Waals surface area contributed by atoms with Crippen molar-refractivity contribution in [1.29, 1.82) is 0 Å². The van der Waals surface area contributed by atoms with Gasteiger partial charge in [0.2, 0.25) is 0 Å². The number of halogens is 2. The van der Waals surface area contributed by atoms with Crippen LogP contribution < -0.4 is 0 Å². The smallest absolute Gasteiger partial charge is 0.380 e. The van der Waals surface area contributed by atoms with E-state index in [1.807, 2.05) is 0 Å². The second kappa shape index (κ2) is 2.37. The molecule has 1 N–H and O–H groups in total. The van der Waals surface area contributed by atoms with Gasteiger partial charge >= 0.3 is 6.11 Å². The maximum atomic E-state index is 11.8. The van der Waals surface area contributed by atoms with Crippen molar-refractivity contribution < 1.29 is 18.6 Å². The maximum Gasteiger partial charge on any atom is 0.380 e. The fourth-order valence-corrected chi connectivity index (χ4v) is 0.171. The molecule has 0 spiro atoms. The first-order chi connectivity index (χ1) is 3.50. The predicted molar refractivity (Wildman–Crippen MR) is 23.6 cm³/mol. The van der Waals surface area contributed by atoms with Gasteiger partial charge in [-0.2, -0.15) is 8.78 Å². The highest BCUT2D eigenvalue weighted by atomic mass is 19.3. The number of hydrogen-bond donors (Lipinski definition) is 1. The lowest BCUT2D eigenvalue weighted by atomic mass is 10.4. The number of rotatable bonds is 2. The summed E-state index contributed by atoms with van der Waals surface area (Å²) < 4.78 is 27.2. The average molecular weight is 126 g/mol. The van der Waals surface area contributed by atoms with E-state index >= 15 is 0 Å². The van der Waals surface area contributed by atoms with Gasteiger partial charge in [0.15, 0.2) is 0 Å². The Hall–Kier alpha value is -0.220. The number of ether oxygens (including phenoxy) is 1. The molecular weight excluding hydrogens is 118 g/mol. The fourth-order valence-electron chi connectivity index (χ4n) is 0.171. The molecule has 0 aromatic rings. The van der Waals surface area contributed by atoms with Gasteiger partial charge in [-0.1, -0.05) is 0 Å². The number of aliphatic hydroxyl groups excluding tert-OH is 1. The lowest BCUT2D eigenvalue weighted by molar-refractivity contribution is -0.270. The van der Waals surface area contributed by atoms with Crippen molar-refractivity contribution in [1.82, 2.24) is 0 Å². The molecule has 0 rings (SSSR count). The van der Waals surface area contributed by atoms with Crippen LogP contribution in [0.3, 0.4) is 0 Å². The molecule has 0 aliphatic heterocycles. The maximum absolute atomic E-state index is 11.8. The molecule has 1 atom stereocenters. The highest BCUT2D eigenvalue weighted by molar-refractivity contribution is 4.57. The van der Waals surface area contributed by atoms with E-state index in [9.17, 15) is 8.78 Å². The molecular formula is C4H8F2O2. The van der Waals surface area contributed by atoms with E-state index in [2.05, 4.69) is 4.74 Å². The Labute approximate surface area is 46.1 Å². The fraction of sp³-hybridized carbons (Fsp3) is 1.00. The Morgan fingerprint density at radius 3 is 2.00 bits per heavy atom. The molecule has 50 valence electrons. The zero-order valence-corrected chi connectivity index (χ0v) is 4.69. The van der Waals surface area contributed by atoms with Gasteiger partial charge in [0.25, 0.3) is 0 Å². The third-order valence-corrected chi connectivity index (χ3v) is 0.759. The predicted octanol–water partition coefficient (Wildman–Crippen LogP) is 0.606. The van der Waals surface area contributed by atoms with Gasteiger partial charge in [0.05, 0.1) is 0 Å². The Morgan fingerprint density at radius 2 is 2.00 bits per heavy atom. The molecule has 0 saturated heterocycles. The SMILES string of the molecule is COC(F)(F)C(C)O. The van der Waals surface area contributed by atoms with Gasteiger partial charge in [-0.3, -0.25) is 0 Å². The molecule has 0 fully saturated rings. The average Bonchev–Trinajstić information content (AvgIpc) is 1.67. The van der Waals surface area contributed by atoms with Gasteiger partial charge in [0, 0.05) is 7.11 Å². The summed E-state index contributed by atoms with van der Waals surface area (Å²) in [5.41, 5.74) is 0. The Kier molecular flexibility index (Phi) is 2.30. The molecule has 0 amide bonds. The molecule has 0 bridgehead atoms. The number of methoxy groups -OCH3 is 1. The van der Waals surface area contributed by atoms with Crippen molar-refractivity contribution >= 4 is 0 Å². The minimum Gasteiger partial charge on any atom is -0.384 e. The second-order valence-corrected chi connectivity index (χ2v) is 1.44. The highest BCUT2D eigenvalue weighted by Gasteiger charge is 2.34. The minimum atomic E-state index is -3.40. The van der Waals surface area contributed by atoms with Crippen molar-refractivity contribution in [2.75, 3.05) is 7.11 Å². The molecule has 1 unspecified atom stereocenters. The first kappa shape index (κ1) is 7.78. The molecule has 0 radical (unpaired) electrons. The molecule has 4 heteroatoms. The summed E-state index contributed by atoms with van der Waals surface area (Å²) in [6.45, 7) is 0.962. The summed E-state index contributed by atoms with van der Waals surface area (Å²) in [6.07, 6.45) is -5.15.